The number of anilines is 1. The first kappa shape index (κ1) is 12.0. The minimum atomic E-state index is -0.441. The summed E-state index contributed by atoms with van der Waals surface area (Å²) in [7, 11) is 0. The molecule has 1 aromatic carbocycles. The maximum Gasteiger partial charge on any atom is 0.231 e. The molecule has 100 valence electrons. The molecule has 0 spiro atoms. The molecule has 19 heavy (non-hydrogen) atoms. The summed E-state index contributed by atoms with van der Waals surface area (Å²) in [6.45, 7) is -0.115. The fourth-order valence-electron chi connectivity index (χ4n) is 2.02. The van der Waals surface area contributed by atoms with Crippen molar-refractivity contribution >= 4 is 16.6 Å². The average Bonchev–Trinajstić information content (AvgIpc) is 2.89. The van der Waals surface area contributed by atoms with Gasteiger partial charge >= 0.3 is 0 Å². The van der Waals surface area contributed by atoms with Crippen molar-refractivity contribution in [3.8, 4) is 11.5 Å². The van der Waals surface area contributed by atoms with Crippen molar-refractivity contribution in [2.24, 2.45) is 0 Å². The molecule has 0 bridgehead atoms. The lowest BCUT2D eigenvalue weighted by atomic mass is 10.1. The number of aromatic nitrogens is 1. The second-order valence-corrected chi connectivity index (χ2v) is 4.29. The Kier molecular flexibility index (Phi) is 3.10. The van der Waals surface area contributed by atoms with E-state index >= 15 is 0 Å². The molecule has 3 rings (SSSR count). The SMILES string of the molecule is OCC(CO)Nc1nccc2cc3c(cc12)OCO3. The maximum atomic E-state index is 9.12. The van der Waals surface area contributed by atoms with Crippen molar-refractivity contribution < 1.29 is 19.7 Å². The molecule has 0 atom stereocenters. The first-order valence-corrected chi connectivity index (χ1v) is 5.98. The van der Waals surface area contributed by atoms with Crippen LogP contribution in [-0.2, 0) is 0 Å². The molecule has 0 saturated carbocycles. The third-order valence-corrected chi connectivity index (χ3v) is 3.04. The topological polar surface area (TPSA) is 83.8 Å². The van der Waals surface area contributed by atoms with Crippen LogP contribution < -0.4 is 14.8 Å². The van der Waals surface area contributed by atoms with Gasteiger partial charge in [-0.2, -0.15) is 0 Å². The Bertz CT molecular complexity index is 598. The van der Waals surface area contributed by atoms with Gasteiger partial charge in [-0.1, -0.05) is 0 Å². The Morgan fingerprint density at radius 3 is 2.68 bits per heavy atom. The van der Waals surface area contributed by atoms with Gasteiger partial charge in [0.2, 0.25) is 6.79 Å². The van der Waals surface area contributed by atoms with Crippen molar-refractivity contribution in [3.63, 3.8) is 0 Å². The summed E-state index contributed by atoms with van der Waals surface area (Å²) in [6, 6.07) is 5.16. The predicted molar refractivity (Wildman–Crippen MR) is 69.4 cm³/mol. The van der Waals surface area contributed by atoms with Crippen LogP contribution in [-0.4, -0.2) is 41.2 Å². The summed E-state index contributed by atoms with van der Waals surface area (Å²) >= 11 is 0. The Balaban J connectivity index is 2.04. The normalized spacial score (nSPS) is 13.2. The summed E-state index contributed by atoms with van der Waals surface area (Å²) in [4.78, 5) is 4.24. The van der Waals surface area contributed by atoms with Crippen LogP contribution >= 0.6 is 0 Å². The van der Waals surface area contributed by atoms with Crippen LogP contribution in [0.5, 0.6) is 11.5 Å². The summed E-state index contributed by atoms with van der Waals surface area (Å²) in [6.07, 6.45) is 1.67. The molecule has 1 aliphatic rings. The molecule has 0 amide bonds. The zero-order valence-corrected chi connectivity index (χ0v) is 10.2. The second kappa shape index (κ2) is 4.91. The summed E-state index contributed by atoms with van der Waals surface area (Å²) < 4.78 is 10.7. The van der Waals surface area contributed by atoms with Gasteiger partial charge in [0, 0.05) is 11.6 Å². The van der Waals surface area contributed by atoms with Gasteiger partial charge in [-0.3, -0.25) is 0 Å². The molecule has 6 nitrogen and oxygen atoms in total. The van der Waals surface area contributed by atoms with Crippen LogP contribution in [0.1, 0.15) is 0 Å². The van der Waals surface area contributed by atoms with Gasteiger partial charge in [-0.25, -0.2) is 4.98 Å². The van der Waals surface area contributed by atoms with E-state index in [9.17, 15) is 0 Å². The van der Waals surface area contributed by atoms with Crippen molar-refractivity contribution in [3.05, 3.63) is 24.4 Å². The summed E-state index contributed by atoms with van der Waals surface area (Å²) in [5.41, 5.74) is 0. The first-order valence-electron chi connectivity index (χ1n) is 5.98. The van der Waals surface area contributed by atoms with Crippen LogP contribution in [0.3, 0.4) is 0 Å². The Hall–Kier alpha value is -2.05. The molecule has 0 radical (unpaired) electrons. The van der Waals surface area contributed by atoms with Crippen LogP contribution in [0.2, 0.25) is 0 Å². The standard InChI is InChI=1S/C13H14N2O4/c16-5-9(6-17)15-13-10-4-12-11(18-7-19-12)3-8(10)1-2-14-13/h1-4,9,16-17H,5-7H2,(H,14,15). The van der Waals surface area contributed by atoms with Gasteiger partial charge in [0.05, 0.1) is 19.3 Å². The van der Waals surface area contributed by atoms with Crippen LogP contribution in [0.4, 0.5) is 5.82 Å². The Labute approximate surface area is 109 Å². The van der Waals surface area contributed by atoms with Gasteiger partial charge in [0.1, 0.15) is 5.82 Å². The predicted octanol–water partition coefficient (Wildman–Crippen LogP) is 0.729. The van der Waals surface area contributed by atoms with E-state index < -0.39 is 6.04 Å². The highest BCUT2D eigenvalue weighted by atomic mass is 16.7. The van der Waals surface area contributed by atoms with Crippen molar-refractivity contribution in [2.45, 2.75) is 6.04 Å². The van der Waals surface area contributed by atoms with Crippen LogP contribution in [0, 0.1) is 0 Å². The number of nitrogens with zero attached hydrogens (tertiary/aromatic N) is 1. The third kappa shape index (κ3) is 2.16. The Morgan fingerprint density at radius 2 is 1.95 bits per heavy atom. The molecule has 0 unspecified atom stereocenters. The van der Waals surface area contributed by atoms with Gasteiger partial charge in [-0.05, 0) is 23.6 Å². The number of benzene rings is 1. The minimum Gasteiger partial charge on any atom is -0.454 e. The lowest BCUT2D eigenvalue weighted by molar-refractivity contribution is 0.174. The van der Waals surface area contributed by atoms with Crippen molar-refractivity contribution in [1.29, 1.82) is 0 Å². The van der Waals surface area contributed by atoms with Crippen LogP contribution in [0.15, 0.2) is 24.4 Å². The zero-order chi connectivity index (χ0) is 13.2. The number of aliphatic hydroxyl groups is 2. The monoisotopic (exact) mass is 262 g/mol. The van der Waals surface area contributed by atoms with E-state index in [0.29, 0.717) is 17.3 Å². The highest BCUT2D eigenvalue weighted by Gasteiger charge is 2.16. The second-order valence-electron chi connectivity index (χ2n) is 4.29. The Morgan fingerprint density at radius 1 is 1.21 bits per heavy atom. The zero-order valence-electron chi connectivity index (χ0n) is 10.2. The molecule has 2 aromatic rings. The van der Waals surface area contributed by atoms with Crippen LogP contribution in [0.25, 0.3) is 10.8 Å². The summed E-state index contributed by atoms with van der Waals surface area (Å²) in [5, 5.41) is 23.1. The number of nitrogens with one attached hydrogen (secondary N) is 1. The van der Waals surface area contributed by atoms with E-state index in [2.05, 4.69) is 10.3 Å². The van der Waals surface area contributed by atoms with Gasteiger partial charge in [0.25, 0.3) is 0 Å². The quantitative estimate of drug-likeness (QED) is 0.753. The van der Waals surface area contributed by atoms with E-state index in [0.717, 1.165) is 10.8 Å². The number of hydrogen-bond acceptors (Lipinski definition) is 6. The molecule has 2 heterocycles. The maximum absolute atomic E-state index is 9.12. The van der Waals surface area contributed by atoms with Gasteiger partial charge in [0.15, 0.2) is 11.5 Å². The van der Waals surface area contributed by atoms with E-state index in [4.69, 9.17) is 19.7 Å². The largest absolute Gasteiger partial charge is 0.454 e. The first-order chi connectivity index (χ1) is 9.31. The van der Waals surface area contributed by atoms with E-state index in [1.807, 2.05) is 18.2 Å². The number of aliphatic hydroxyl groups excluding tert-OH is 2. The molecule has 3 N–H and O–H groups in total. The van der Waals surface area contributed by atoms with Gasteiger partial charge < -0.3 is 25.0 Å². The van der Waals surface area contributed by atoms with Crippen molar-refractivity contribution in [1.82, 2.24) is 4.98 Å². The molecule has 1 aliphatic heterocycles. The summed E-state index contributed by atoms with van der Waals surface area (Å²) in [5.74, 6) is 1.99. The number of rotatable bonds is 4. The highest BCUT2D eigenvalue weighted by molar-refractivity contribution is 5.94. The number of ether oxygens (including phenoxy) is 2. The highest BCUT2D eigenvalue weighted by Crippen LogP contribution is 2.37. The van der Waals surface area contributed by atoms with E-state index in [1.54, 1.807) is 6.20 Å². The fourth-order valence-corrected chi connectivity index (χ4v) is 2.02. The molecule has 6 heteroatoms. The lowest BCUT2D eigenvalue weighted by Crippen LogP contribution is -2.28. The number of fused-ring (bicyclic) bond motifs is 2. The lowest BCUT2D eigenvalue weighted by Gasteiger charge is -2.15. The molecular formula is C13H14N2O4. The third-order valence-electron chi connectivity index (χ3n) is 3.04. The minimum absolute atomic E-state index is 0.168. The number of pyridine rings is 1. The van der Waals surface area contributed by atoms with E-state index in [-0.39, 0.29) is 20.0 Å². The molecule has 0 aliphatic carbocycles. The van der Waals surface area contributed by atoms with Gasteiger partial charge in [-0.15, -0.1) is 0 Å². The van der Waals surface area contributed by atoms with Crippen molar-refractivity contribution in [2.75, 3.05) is 25.3 Å². The molecule has 0 saturated heterocycles. The molecule has 0 fully saturated rings. The average molecular weight is 262 g/mol. The fraction of sp³-hybridized carbons (Fsp3) is 0.308. The number of hydrogen-bond donors (Lipinski definition) is 3. The smallest absolute Gasteiger partial charge is 0.231 e. The molecule has 1 aromatic heterocycles. The molecular weight excluding hydrogens is 248 g/mol. The van der Waals surface area contributed by atoms with E-state index in [1.165, 1.54) is 0 Å².